The highest BCUT2D eigenvalue weighted by Gasteiger charge is 2.38. The molecule has 3 rings (SSSR count). The highest BCUT2D eigenvalue weighted by molar-refractivity contribution is 5.72. The zero-order chi connectivity index (χ0) is 15.6. The zero-order valence-corrected chi connectivity index (χ0v) is 11.1. The van der Waals surface area contributed by atoms with Gasteiger partial charge in [0.05, 0.1) is 17.3 Å². The maximum atomic E-state index is 14.0. The molecule has 0 amide bonds. The molecule has 108 valence electrons. The first-order chi connectivity index (χ1) is 10.6. The van der Waals surface area contributed by atoms with E-state index in [0.29, 0.717) is 11.1 Å². The van der Waals surface area contributed by atoms with Crippen LogP contribution in [0.1, 0.15) is 11.5 Å². The fraction of sp³-hybridized carbons (Fsp3) is 0.0667. The zero-order valence-electron chi connectivity index (χ0n) is 11.1. The highest BCUT2D eigenvalue weighted by Crippen LogP contribution is 2.32. The minimum atomic E-state index is -3.67. The molecule has 0 unspecified atom stereocenters. The van der Waals surface area contributed by atoms with E-state index in [2.05, 4.69) is 15.2 Å². The first kappa shape index (κ1) is 13.8. The Morgan fingerprint density at radius 1 is 1.09 bits per heavy atom. The lowest BCUT2D eigenvalue weighted by atomic mass is 10.2. The SMILES string of the molecule is N#Cc1ccc(N=NC(F)(F)c2nc3ccccc3o2)cc1. The Hall–Kier alpha value is -3.14. The van der Waals surface area contributed by atoms with Crippen molar-refractivity contribution in [3.63, 3.8) is 0 Å². The summed E-state index contributed by atoms with van der Waals surface area (Å²) in [7, 11) is 0. The molecule has 1 heterocycles. The molecule has 0 saturated carbocycles. The average Bonchev–Trinajstić information content (AvgIpc) is 2.98. The number of nitrogens with zero attached hydrogens (tertiary/aromatic N) is 4. The van der Waals surface area contributed by atoms with Gasteiger partial charge in [-0.25, -0.2) is 4.98 Å². The molecule has 0 aliphatic carbocycles. The Balaban J connectivity index is 1.88. The van der Waals surface area contributed by atoms with Crippen molar-refractivity contribution in [2.75, 3.05) is 0 Å². The van der Waals surface area contributed by atoms with Crippen LogP contribution in [-0.4, -0.2) is 4.98 Å². The van der Waals surface area contributed by atoms with Gasteiger partial charge in [-0.05, 0) is 36.4 Å². The number of oxazole rings is 1. The molecule has 2 aromatic carbocycles. The van der Waals surface area contributed by atoms with Crippen LogP contribution in [0.3, 0.4) is 0 Å². The summed E-state index contributed by atoms with van der Waals surface area (Å²) in [5.41, 5.74) is 1.19. The van der Waals surface area contributed by atoms with Gasteiger partial charge >= 0.3 is 6.05 Å². The van der Waals surface area contributed by atoms with Gasteiger partial charge in [0.15, 0.2) is 5.58 Å². The minimum absolute atomic E-state index is 0.204. The number of hydrogen-bond donors (Lipinski definition) is 0. The number of halogens is 2. The number of aromatic nitrogens is 1. The number of fused-ring (bicyclic) bond motifs is 1. The summed E-state index contributed by atoms with van der Waals surface area (Å²) in [5.74, 6) is -0.814. The molecule has 5 nitrogen and oxygen atoms in total. The van der Waals surface area contributed by atoms with E-state index in [1.807, 2.05) is 6.07 Å². The summed E-state index contributed by atoms with van der Waals surface area (Å²) in [6.45, 7) is 0. The van der Waals surface area contributed by atoms with Gasteiger partial charge in [0.2, 0.25) is 0 Å². The van der Waals surface area contributed by atoms with Crippen molar-refractivity contribution in [1.82, 2.24) is 4.98 Å². The van der Waals surface area contributed by atoms with Gasteiger partial charge in [0, 0.05) is 0 Å². The molecule has 1 aromatic heterocycles. The number of rotatable bonds is 3. The van der Waals surface area contributed by atoms with E-state index in [-0.39, 0.29) is 11.3 Å². The fourth-order valence-corrected chi connectivity index (χ4v) is 1.77. The van der Waals surface area contributed by atoms with Gasteiger partial charge in [-0.15, -0.1) is 10.2 Å². The Labute approximate surface area is 123 Å². The van der Waals surface area contributed by atoms with Gasteiger partial charge in [-0.3, -0.25) is 0 Å². The molecule has 22 heavy (non-hydrogen) atoms. The van der Waals surface area contributed by atoms with E-state index in [1.54, 1.807) is 24.3 Å². The van der Waals surface area contributed by atoms with Crippen LogP contribution < -0.4 is 0 Å². The number of para-hydroxylation sites is 2. The second-order valence-electron chi connectivity index (χ2n) is 4.39. The summed E-state index contributed by atoms with van der Waals surface area (Å²) in [6, 6.07) is 10.5. The predicted octanol–water partition coefficient (Wildman–Crippen LogP) is 4.53. The van der Waals surface area contributed by atoms with Crippen LogP contribution in [0.25, 0.3) is 11.1 Å². The molecule has 0 fully saturated rings. The molecule has 0 N–H and O–H groups in total. The molecule has 0 atom stereocenters. The predicted molar refractivity (Wildman–Crippen MR) is 73.6 cm³/mol. The van der Waals surface area contributed by atoms with Crippen LogP contribution in [0.15, 0.2) is 63.2 Å². The molecule has 0 saturated heterocycles. The van der Waals surface area contributed by atoms with Crippen LogP contribution in [0.4, 0.5) is 14.5 Å². The van der Waals surface area contributed by atoms with Crippen molar-refractivity contribution in [3.05, 3.63) is 60.0 Å². The molecule has 0 aliphatic rings. The van der Waals surface area contributed by atoms with Crippen LogP contribution in [0.5, 0.6) is 0 Å². The van der Waals surface area contributed by atoms with Crippen molar-refractivity contribution in [3.8, 4) is 6.07 Å². The first-order valence-electron chi connectivity index (χ1n) is 6.25. The van der Waals surface area contributed by atoms with Crippen LogP contribution in [0, 0.1) is 11.3 Å². The van der Waals surface area contributed by atoms with Gasteiger partial charge in [-0.2, -0.15) is 14.0 Å². The lowest BCUT2D eigenvalue weighted by Crippen LogP contribution is -2.09. The summed E-state index contributed by atoms with van der Waals surface area (Å²) < 4.78 is 32.9. The molecule has 0 radical (unpaired) electrons. The van der Waals surface area contributed by atoms with Crippen LogP contribution >= 0.6 is 0 Å². The third kappa shape index (κ3) is 2.67. The topological polar surface area (TPSA) is 74.5 Å². The van der Waals surface area contributed by atoms with Gasteiger partial charge < -0.3 is 4.42 Å². The lowest BCUT2D eigenvalue weighted by molar-refractivity contribution is -0.0271. The van der Waals surface area contributed by atoms with E-state index >= 15 is 0 Å². The number of benzene rings is 2. The van der Waals surface area contributed by atoms with Crippen molar-refractivity contribution in [1.29, 1.82) is 5.26 Å². The number of nitriles is 1. The molecule has 7 heteroatoms. The van der Waals surface area contributed by atoms with Gasteiger partial charge in [-0.1, -0.05) is 12.1 Å². The smallest absolute Gasteiger partial charge is 0.433 e. The number of alkyl halides is 2. The van der Waals surface area contributed by atoms with Crippen molar-refractivity contribution >= 4 is 16.8 Å². The average molecular weight is 298 g/mol. The Morgan fingerprint density at radius 2 is 1.82 bits per heavy atom. The van der Waals surface area contributed by atoms with E-state index in [1.165, 1.54) is 24.3 Å². The second-order valence-corrected chi connectivity index (χ2v) is 4.39. The van der Waals surface area contributed by atoms with Crippen LogP contribution in [0.2, 0.25) is 0 Å². The quantitative estimate of drug-likeness (QED) is 0.526. The molecule has 3 aromatic rings. The Morgan fingerprint density at radius 3 is 2.50 bits per heavy atom. The van der Waals surface area contributed by atoms with Gasteiger partial charge in [0.25, 0.3) is 5.89 Å². The molecular weight excluding hydrogens is 290 g/mol. The lowest BCUT2D eigenvalue weighted by Gasteiger charge is -2.03. The van der Waals surface area contributed by atoms with E-state index < -0.39 is 11.9 Å². The first-order valence-corrected chi connectivity index (χ1v) is 6.25. The second kappa shape index (κ2) is 5.33. The standard InChI is InChI=1S/C15H8F2N4O/c16-15(17,14-19-12-3-1-2-4-13(12)22-14)21-20-11-7-5-10(9-18)6-8-11/h1-8H. The third-order valence-corrected chi connectivity index (χ3v) is 2.84. The maximum absolute atomic E-state index is 14.0. The van der Waals surface area contributed by atoms with Crippen molar-refractivity contribution in [2.45, 2.75) is 6.05 Å². The normalized spacial score (nSPS) is 11.9. The monoisotopic (exact) mass is 298 g/mol. The molecule has 0 aliphatic heterocycles. The molecular formula is C15H8F2N4O. The summed E-state index contributed by atoms with van der Waals surface area (Å²) in [4.78, 5) is 3.71. The molecule has 0 bridgehead atoms. The summed E-state index contributed by atoms with van der Waals surface area (Å²) in [5, 5.41) is 15.1. The number of hydrogen-bond acceptors (Lipinski definition) is 5. The summed E-state index contributed by atoms with van der Waals surface area (Å²) in [6.07, 6.45) is 0. The van der Waals surface area contributed by atoms with E-state index in [0.717, 1.165) is 0 Å². The van der Waals surface area contributed by atoms with E-state index in [4.69, 9.17) is 9.68 Å². The Bertz CT molecular complexity index is 845. The number of azo groups is 1. The largest absolute Gasteiger partial charge is 0.436 e. The van der Waals surface area contributed by atoms with E-state index in [9.17, 15) is 8.78 Å². The minimum Gasteiger partial charge on any atom is -0.433 e. The molecule has 0 spiro atoms. The Kier molecular flexibility index (Phi) is 3.35. The van der Waals surface area contributed by atoms with Crippen LogP contribution in [-0.2, 0) is 6.05 Å². The highest BCUT2D eigenvalue weighted by atomic mass is 19.3. The third-order valence-electron chi connectivity index (χ3n) is 2.84. The maximum Gasteiger partial charge on any atom is 0.436 e. The fourth-order valence-electron chi connectivity index (χ4n) is 1.77. The summed E-state index contributed by atoms with van der Waals surface area (Å²) >= 11 is 0. The van der Waals surface area contributed by atoms with Crippen molar-refractivity contribution in [2.24, 2.45) is 10.2 Å². The van der Waals surface area contributed by atoms with Crippen molar-refractivity contribution < 1.29 is 13.2 Å². The van der Waals surface area contributed by atoms with Gasteiger partial charge in [0.1, 0.15) is 5.52 Å².